The Morgan fingerprint density at radius 2 is 1.94 bits per heavy atom. The molecule has 0 radical (unpaired) electrons. The van der Waals surface area contributed by atoms with Crippen LogP contribution in [-0.2, 0) is 11.2 Å². The summed E-state index contributed by atoms with van der Waals surface area (Å²) in [5, 5.41) is 5.55. The van der Waals surface area contributed by atoms with Crippen molar-refractivity contribution in [1.82, 2.24) is 30.2 Å². The minimum Gasteiger partial charge on any atom is -0.486 e. The molecule has 1 aromatic carbocycles. The number of benzene rings is 1. The largest absolute Gasteiger partial charge is 0.486 e. The topological polar surface area (TPSA) is 150 Å². The van der Waals surface area contributed by atoms with Crippen molar-refractivity contribution >= 4 is 17.8 Å². The third kappa shape index (κ3) is 6.84. The molecule has 0 saturated heterocycles. The summed E-state index contributed by atoms with van der Waals surface area (Å²) in [6, 6.07) is 7.05. The summed E-state index contributed by atoms with van der Waals surface area (Å²) in [7, 11) is 0. The predicted octanol–water partition coefficient (Wildman–Crippen LogP) is 0.966. The van der Waals surface area contributed by atoms with Gasteiger partial charge in [-0.15, -0.1) is 0 Å². The Morgan fingerprint density at radius 3 is 2.72 bits per heavy atom. The molecule has 0 atom stereocenters. The van der Waals surface area contributed by atoms with Gasteiger partial charge in [0.05, 0.1) is 6.54 Å². The van der Waals surface area contributed by atoms with Crippen molar-refractivity contribution in [2.75, 3.05) is 44.3 Å². The maximum atomic E-state index is 12.8. The van der Waals surface area contributed by atoms with Crippen molar-refractivity contribution in [1.29, 1.82) is 0 Å². The summed E-state index contributed by atoms with van der Waals surface area (Å²) in [5.41, 5.74) is 6.96. The summed E-state index contributed by atoms with van der Waals surface area (Å²) in [4.78, 5) is 38.9. The Labute approximate surface area is 208 Å². The Hall–Kier alpha value is -4.35. The lowest BCUT2D eigenvalue weighted by Crippen LogP contribution is -2.40. The number of primary amides is 1. The number of nitrogens with zero attached hydrogens (tertiary/aromatic N) is 5. The average molecular weight is 495 g/mol. The first-order valence-corrected chi connectivity index (χ1v) is 11.8. The summed E-state index contributed by atoms with van der Waals surface area (Å²) < 4.78 is 12.9. The number of amides is 3. The third-order valence-corrected chi connectivity index (χ3v) is 5.47. The number of ether oxygens (including phenoxy) is 2. The molecule has 1 aliphatic heterocycles. The van der Waals surface area contributed by atoms with Gasteiger partial charge in [0, 0.05) is 43.8 Å². The fraction of sp³-hybridized carbons (Fsp3) is 0.375. The molecule has 4 rings (SSSR count). The molecule has 2 aromatic heterocycles. The van der Waals surface area contributed by atoms with E-state index < -0.39 is 6.03 Å². The lowest BCUT2D eigenvalue weighted by Gasteiger charge is -2.24. The van der Waals surface area contributed by atoms with Crippen LogP contribution >= 0.6 is 0 Å². The molecule has 3 aromatic rings. The molecule has 1 aliphatic rings. The monoisotopic (exact) mass is 494 g/mol. The van der Waals surface area contributed by atoms with E-state index in [1.165, 1.54) is 0 Å². The second kappa shape index (κ2) is 11.9. The van der Waals surface area contributed by atoms with Crippen LogP contribution in [0.5, 0.6) is 11.5 Å². The fourth-order valence-electron chi connectivity index (χ4n) is 3.77. The van der Waals surface area contributed by atoms with Crippen molar-refractivity contribution in [3.8, 4) is 17.4 Å². The van der Waals surface area contributed by atoms with Gasteiger partial charge in [0.15, 0.2) is 11.5 Å². The summed E-state index contributed by atoms with van der Waals surface area (Å²) in [5.74, 6) is 2.39. The molecule has 4 N–H and O–H groups in total. The van der Waals surface area contributed by atoms with E-state index in [1.54, 1.807) is 23.3 Å². The molecule has 12 heteroatoms. The van der Waals surface area contributed by atoms with Crippen molar-refractivity contribution in [3.05, 3.63) is 54.2 Å². The Balaban J connectivity index is 1.39. The maximum absolute atomic E-state index is 12.8. The molecule has 0 aliphatic carbocycles. The zero-order valence-corrected chi connectivity index (χ0v) is 20.1. The van der Waals surface area contributed by atoms with Gasteiger partial charge in [0.2, 0.25) is 11.9 Å². The van der Waals surface area contributed by atoms with E-state index in [9.17, 15) is 9.59 Å². The second-order valence-electron chi connectivity index (χ2n) is 8.28. The van der Waals surface area contributed by atoms with Crippen LogP contribution in [0, 0.1) is 6.92 Å². The van der Waals surface area contributed by atoms with Crippen molar-refractivity contribution < 1.29 is 19.1 Å². The van der Waals surface area contributed by atoms with Crippen molar-refractivity contribution in [2.45, 2.75) is 19.8 Å². The summed E-state index contributed by atoms with van der Waals surface area (Å²) >= 11 is 0. The molecule has 0 saturated carbocycles. The van der Waals surface area contributed by atoms with Crippen LogP contribution in [0.2, 0.25) is 0 Å². The van der Waals surface area contributed by atoms with E-state index in [-0.39, 0.29) is 12.5 Å². The predicted molar refractivity (Wildman–Crippen MR) is 132 cm³/mol. The summed E-state index contributed by atoms with van der Waals surface area (Å²) in [6.07, 6.45) is 6.25. The van der Waals surface area contributed by atoms with E-state index >= 15 is 0 Å². The number of aromatic nitrogens is 4. The molecule has 0 fully saturated rings. The van der Waals surface area contributed by atoms with Gasteiger partial charge in [-0.25, -0.2) is 14.8 Å². The number of urea groups is 1. The van der Waals surface area contributed by atoms with Crippen LogP contribution < -0.4 is 30.7 Å². The number of carbonyl (C=O) groups excluding carboxylic acids is 2. The first-order valence-electron chi connectivity index (χ1n) is 11.8. The highest BCUT2D eigenvalue weighted by Crippen LogP contribution is 2.30. The highest BCUT2D eigenvalue weighted by atomic mass is 16.6. The van der Waals surface area contributed by atoms with Gasteiger partial charge in [-0.05, 0) is 37.5 Å². The molecule has 12 nitrogen and oxygen atoms in total. The number of hydrogen-bond acceptors (Lipinski definition) is 8. The first-order chi connectivity index (χ1) is 17.5. The fourth-order valence-corrected chi connectivity index (χ4v) is 3.77. The molecule has 36 heavy (non-hydrogen) atoms. The van der Waals surface area contributed by atoms with E-state index in [1.807, 2.05) is 36.1 Å². The van der Waals surface area contributed by atoms with E-state index in [2.05, 4.69) is 25.6 Å². The first kappa shape index (κ1) is 24.8. The lowest BCUT2D eigenvalue weighted by molar-refractivity contribution is -0.119. The van der Waals surface area contributed by atoms with Crippen LogP contribution in [0.3, 0.4) is 0 Å². The molecule has 3 amide bonds. The van der Waals surface area contributed by atoms with Crippen LogP contribution in [-0.4, -0.2) is 70.9 Å². The Bertz CT molecular complexity index is 1180. The minimum absolute atomic E-state index is 0.0948. The van der Waals surface area contributed by atoms with Gasteiger partial charge >= 0.3 is 6.03 Å². The maximum Gasteiger partial charge on any atom is 0.312 e. The van der Waals surface area contributed by atoms with E-state index in [0.29, 0.717) is 57.5 Å². The smallest absolute Gasteiger partial charge is 0.312 e. The Kier molecular flexibility index (Phi) is 8.16. The van der Waals surface area contributed by atoms with Gasteiger partial charge in [-0.2, -0.15) is 4.98 Å². The molecule has 0 bridgehead atoms. The van der Waals surface area contributed by atoms with E-state index in [0.717, 1.165) is 22.8 Å². The van der Waals surface area contributed by atoms with Crippen LogP contribution in [0.15, 0.2) is 43.0 Å². The number of rotatable bonds is 11. The number of aryl methyl sites for hydroxylation is 1. The molecule has 3 heterocycles. The third-order valence-electron chi connectivity index (χ3n) is 5.47. The number of carbonyl (C=O) groups is 2. The standard InChI is InChI=1S/C24H30N8O4/c1-17-13-21(30-24(29-17)32-10-8-26-16-32)31(9-2-6-28-23(25)34)15-22(33)27-7-5-18-3-4-19-20(14-18)36-12-11-35-19/h3-4,8,10,13-14,16H,2,5-7,9,11-12,15H2,1H3,(H,27,33)(H3,25,28,34). The minimum atomic E-state index is -0.585. The van der Waals surface area contributed by atoms with Gasteiger partial charge in [-0.3, -0.25) is 9.36 Å². The Morgan fingerprint density at radius 1 is 1.11 bits per heavy atom. The van der Waals surface area contributed by atoms with Crippen molar-refractivity contribution in [3.63, 3.8) is 0 Å². The van der Waals surface area contributed by atoms with Crippen molar-refractivity contribution in [2.24, 2.45) is 5.73 Å². The normalized spacial score (nSPS) is 12.1. The zero-order chi connectivity index (χ0) is 25.3. The van der Waals surface area contributed by atoms with Crippen LogP contribution in [0.4, 0.5) is 10.6 Å². The van der Waals surface area contributed by atoms with E-state index in [4.69, 9.17) is 15.2 Å². The highest BCUT2D eigenvalue weighted by molar-refractivity contribution is 5.81. The van der Waals surface area contributed by atoms with Gasteiger partial charge in [-0.1, -0.05) is 6.07 Å². The van der Waals surface area contributed by atoms with Gasteiger partial charge < -0.3 is 30.7 Å². The zero-order valence-electron chi connectivity index (χ0n) is 20.1. The van der Waals surface area contributed by atoms with Gasteiger partial charge in [0.25, 0.3) is 0 Å². The molecular formula is C24H30N8O4. The summed E-state index contributed by atoms with van der Waals surface area (Å²) in [6.45, 7) is 4.38. The molecule has 0 spiro atoms. The lowest BCUT2D eigenvalue weighted by atomic mass is 10.1. The second-order valence-corrected chi connectivity index (χ2v) is 8.28. The van der Waals surface area contributed by atoms with Crippen LogP contribution in [0.25, 0.3) is 5.95 Å². The molecule has 190 valence electrons. The molecule has 0 unspecified atom stereocenters. The number of hydrogen-bond donors (Lipinski definition) is 3. The molecular weight excluding hydrogens is 464 g/mol. The number of nitrogens with two attached hydrogens (primary N) is 1. The quantitative estimate of drug-likeness (QED) is 0.334. The SMILES string of the molecule is Cc1cc(N(CCCNC(N)=O)CC(=O)NCCc2ccc3c(c2)OCCO3)nc(-n2ccnc2)n1. The number of fused-ring (bicyclic) bond motifs is 1. The number of anilines is 1. The highest BCUT2D eigenvalue weighted by Gasteiger charge is 2.16. The number of nitrogens with one attached hydrogen (secondary N) is 2. The average Bonchev–Trinajstić information content (AvgIpc) is 3.40. The van der Waals surface area contributed by atoms with Gasteiger partial charge in [0.1, 0.15) is 25.4 Å². The van der Waals surface area contributed by atoms with Crippen LogP contribution in [0.1, 0.15) is 17.7 Å². The number of imidazole rings is 1.